The molecule has 2 fully saturated rings. The average Bonchev–Trinajstić information content (AvgIpc) is 2.77. The second-order valence-electron chi connectivity index (χ2n) is 6.31. The molecule has 1 saturated heterocycles. The van der Waals surface area contributed by atoms with Crippen molar-refractivity contribution in [3.63, 3.8) is 0 Å². The maximum absolute atomic E-state index is 12.8. The molecule has 2 aliphatic rings. The van der Waals surface area contributed by atoms with Gasteiger partial charge in [0.2, 0.25) is 10.0 Å². The largest absolute Gasteiger partial charge is 0.390 e. The van der Waals surface area contributed by atoms with Crippen LogP contribution >= 0.6 is 0 Å². The second-order valence-corrected chi connectivity index (χ2v) is 8.19. The van der Waals surface area contributed by atoms with Gasteiger partial charge in [-0.1, -0.05) is 18.0 Å². The number of fused-ring (bicyclic) bond motifs is 1. The van der Waals surface area contributed by atoms with Gasteiger partial charge in [0.05, 0.1) is 5.60 Å². The van der Waals surface area contributed by atoms with E-state index in [0.29, 0.717) is 31.0 Å². The highest BCUT2D eigenvalue weighted by Crippen LogP contribution is 2.41. The van der Waals surface area contributed by atoms with Gasteiger partial charge in [0.1, 0.15) is 10.6 Å². The van der Waals surface area contributed by atoms with Gasteiger partial charge in [0.25, 0.3) is 0 Å². The number of nitrogens with zero attached hydrogens (tertiary/aromatic N) is 2. The summed E-state index contributed by atoms with van der Waals surface area (Å²) in [7, 11) is -3.59. The third-order valence-electron chi connectivity index (χ3n) is 4.96. The summed E-state index contributed by atoms with van der Waals surface area (Å²) in [6, 6.07) is 0. The van der Waals surface area contributed by atoms with Crippen LogP contribution < -0.4 is 0 Å². The van der Waals surface area contributed by atoms with Gasteiger partial charge in [0, 0.05) is 19.0 Å². The van der Waals surface area contributed by atoms with Gasteiger partial charge >= 0.3 is 0 Å². The zero-order chi connectivity index (χ0) is 15.3. The van der Waals surface area contributed by atoms with E-state index < -0.39 is 15.6 Å². The fraction of sp³-hybridized carbons (Fsp3) is 0.786. The van der Waals surface area contributed by atoms with Crippen LogP contribution in [0.1, 0.15) is 43.6 Å². The second kappa shape index (κ2) is 5.07. The third-order valence-corrected chi connectivity index (χ3v) is 7.07. The summed E-state index contributed by atoms with van der Waals surface area (Å²) >= 11 is 0. The molecule has 0 bridgehead atoms. The molecule has 1 aliphatic carbocycles. The first-order valence-electron chi connectivity index (χ1n) is 7.50. The first kappa shape index (κ1) is 15.0. The molecule has 118 valence electrons. The smallest absolute Gasteiger partial charge is 0.248 e. The Hall–Kier alpha value is -0.920. The van der Waals surface area contributed by atoms with E-state index in [0.717, 1.165) is 25.7 Å². The Bertz CT molecular complexity index is 620. The summed E-state index contributed by atoms with van der Waals surface area (Å²) in [4.78, 5) is 0.184. The zero-order valence-corrected chi connectivity index (χ0v) is 13.3. The molecule has 7 heteroatoms. The van der Waals surface area contributed by atoms with E-state index in [-0.39, 0.29) is 10.8 Å². The Morgan fingerprint density at radius 3 is 2.76 bits per heavy atom. The van der Waals surface area contributed by atoms with Crippen LogP contribution in [0.25, 0.3) is 0 Å². The van der Waals surface area contributed by atoms with Crippen molar-refractivity contribution in [2.75, 3.05) is 13.1 Å². The van der Waals surface area contributed by atoms with E-state index in [9.17, 15) is 13.5 Å². The van der Waals surface area contributed by atoms with Crippen LogP contribution in [0.2, 0.25) is 0 Å². The maximum Gasteiger partial charge on any atom is 0.248 e. The lowest BCUT2D eigenvalue weighted by Gasteiger charge is -2.46. The summed E-state index contributed by atoms with van der Waals surface area (Å²) < 4.78 is 32.1. The normalized spacial score (nSPS) is 31.1. The first-order chi connectivity index (χ1) is 9.84. The molecule has 3 rings (SSSR count). The van der Waals surface area contributed by atoms with Crippen LogP contribution in [-0.2, 0) is 10.0 Å². The lowest BCUT2D eigenvalue weighted by atomic mass is 9.72. The van der Waals surface area contributed by atoms with Crippen LogP contribution in [0.15, 0.2) is 9.42 Å². The Morgan fingerprint density at radius 1 is 1.33 bits per heavy atom. The number of sulfonamides is 1. The van der Waals surface area contributed by atoms with Crippen molar-refractivity contribution in [1.29, 1.82) is 0 Å². The standard InChI is InChI=1S/C14H22N2O4S/c1-10-13(11(2)20-15-10)21(18,19)16-8-7-14(17)6-4-3-5-12(14)9-16/h12,17H,3-9H2,1-2H3/t12-,14-/m0/s1. The van der Waals surface area contributed by atoms with Gasteiger partial charge < -0.3 is 9.63 Å². The molecule has 1 aliphatic heterocycles. The van der Waals surface area contributed by atoms with Crippen LogP contribution in [-0.4, -0.2) is 41.7 Å². The SMILES string of the molecule is Cc1noc(C)c1S(=O)(=O)N1CC[C@@]2(O)CCCC[C@H]2C1. The molecule has 1 aromatic rings. The molecule has 1 aromatic heterocycles. The molecule has 0 amide bonds. The number of hydrogen-bond acceptors (Lipinski definition) is 5. The Kier molecular flexibility index (Phi) is 3.62. The van der Waals surface area contributed by atoms with Crippen LogP contribution in [0.4, 0.5) is 0 Å². The molecule has 1 saturated carbocycles. The number of aliphatic hydroxyl groups is 1. The molecular weight excluding hydrogens is 292 g/mol. The molecule has 0 aromatic carbocycles. The Morgan fingerprint density at radius 2 is 2.10 bits per heavy atom. The van der Waals surface area contributed by atoms with Crippen molar-refractivity contribution in [3.05, 3.63) is 11.5 Å². The van der Waals surface area contributed by atoms with Gasteiger partial charge in [-0.2, -0.15) is 4.31 Å². The summed E-state index contributed by atoms with van der Waals surface area (Å²) in [5.41, 5.74) is -0.278. The molecule has 0 radical (unpaired) electrons. The highest BCUT2D eigenvalue weighted by molar-refractivity contribution is 7.89. The van der Waals surface area contributed by atoms with Crippen molar-refractivity contribution in [2.45, 2.75) is 56.4 Å². The fourth-order valence-corrected chi connectivity index (χ4v) is 5.51. The van der Waals surface area contributed by atoms with Crippen molar-refractivity contribution in [3.8, 4) is 0 Å². The number of aryl methyl sites for hydroxylation is 2. The Balaban J connectivity index is 1.88. The monoisotopic (exact) mass is 314 g/mol. The van der Waals surface area contributed by atoms with Crippen LogP contribution in [0, 0.1) is 19.8 Å². The molecule has 1 N–H and O–H groups in total. The van der Waals surface area contributed by atoms with Crippen molar-refractivity contribution >= 4 is 10.0 Å². The van der Waals surface area contributed by atoms with Gasteiger partial charge in [-0.05, 0) is 33.1 Å². The number of aromatic nitrogens is 1. The van der Waals surface area contributed by atoms with E-state index in [1.54, 1.807) is 13.8 Å². The highest BCUT2D eigenvalue weighted by Gasteiger charge is 2.46. The predicted molar refractivity (Wildman–Crippen MR) is 76.3 cm³/mol. The zero-order valence-electron chi connectivity index (χ0n) is 12.5. The highest BCUT2D eigenvalue weighted by atomic mass is 32.2. The molecule has 21 heavy (non-hydrogen) atoms. The summed E-state index contributed by atoms with van der Waals surface area (Å²) in [5, 5.41) is 14.4. The predicted octanol–water partition coefficient (Wildman–Crippen LogP) is 1.61. The molecule has 2 atom stereocenters. The third kappa shape index (κ3) is 2.41. The fourth-order valence-electron chi connectivity index (χ4n) is 3.73. The first-order valence-corrected chi connectivity index (χ1v) is 8.94. The topological polar surface area (TPSA) is 83.6 Å². The van der Waals surface area contributed by atoms with E-state index in [1.807, 2.05) is 0 Å². The Labute approximate surface area is 125 Å². The van der Waals surface area contributed by atoms with E-state index in [1.165, 1.54) is 4.31 Å². The van der Waals surface area contributed by atoms with Crippen molar-refractivity contribution in [1.82, 2.24) is 9.46 Å². The summed E-state index contributed by atoms with van der Waals surface area (Å²) in [6.45, 7) is 4.01. The van der Waals surface area contributed by atoms with Crippen molar-refractivity contribution < 1.29 is 18.0 Å². The minimum atomic E-state index is -3.59. The lowest BCUT2D eigenvalue weighted by molar-refractivity contribution is -0.0816. The quantitative estimate of drug-likeness (QED) is 0.896. The van der Waals surface area contributed by atoms with E-state index in [4.69, 9.17) is 4.52 Å². The van der Waals surface area contributed by atoms with Gasteiger partial charge in [-0.15, -0.1) is 0 Å². The van der Waals surface area contributed by atoms with Gasteiger partial charge in [-0.25, -0.2) is 8.42 Å². The van der Waals surface area contributed by atoms with E-state index >= 15 is 0 Å². The number of hydrogen-bond donors (Lipinski definition) is 1. The van der Waals surface area contributed by atoms with Crippen LogP contribution in [0.3, 0.4) is 0 Å². The lowest BCUT2D eigenvalue weighted by Crippen LogP contribution is -2.54. The van der Waals surface area contributed by atoms with Gasteiger partial charge in [-0.3, -0.25) is 0 Å². The minimum absolute atomic E-state index is 0.0373. The molecule has 0 spiro atoms. The molecule has 0 unspecified atom stereocenters. The van der Waals surface area contributed by atoms with Crippen LogP contribution in [0.5, 0.6) is 0 Å². The molecule has 6 nitrogen and oxygen atoms in total. The average molecular weight is 314 g/mol. The molecular formula is C14H22N2O4S. The van der Waals surface area contributed by atoms with E-state index in [2.05, 4.69) is 5.16 Å². The maximum atomic E-state index is 12.8. The molecule has 2 heterocycles. The minimum Gasteiger partial charge on any atom is -0.390 e. The number of piperidine rings is 1. The summed E-state index contributed by atoms with van der Waals surface area (Å²) in [6.07, 6.45) is 4.29. The van der Waals surface area contributed by atoms with Crippen molar-refractivity contribution in [2.24, 2.45) is 5.92 Å². The summed E-state index contributed by atoms with van der Waals surface area (Å²) in [5.74, 6) is 0.368. The number of rotatable bonds is 2. The van der Waals surface area contributed by atoms with Gasteiger partial charge in [0.15, 0.2) is 5.76 Å².